The summed E-state index contributed by atoms with van der Waals surface area (Å²) in [5, 5.41) is 15.0. The molecule has 0 fully saturated rings. The molecule has 0 saturated carbocycles. The number of phenolic OH excluding ortho intramolecular Hbond substituents is 1. The summed E-state index contributed by atoms with van der Waals surface area (Å²) in [5.41, 5.74) is 7.04. The normalized spacial score (nSPS) is 11.2. The van der Waals surface area contributed by atoms with Gasteiger partial charge in [-0.3, -0.25) is 4.79 Å². The van der Waals surface area contributed by atoms with Crippen LogP contribution in [0, 0.1) is 6.92 Å². The molecule has 144 valence electrons. The number of amides is 1. The Hall–Kier alpha value is -3.86. The van der Waals surface area contributed by atoms with E-state index in [2.05, 4.69) is 46.3 Å². The average molecular weight is 383 g/mol. The van der Waals surface area contributed by atoms with Crippen LogP contribution in [0.25, 0.3) is 10.9 Å². The number of aromatic hydroxyl groups is 1. The lowest BCUT2D eigenvalue weighted by atomic mass is 10.1. The van der Waals surface area contributed by atoms with E-state index in [9.17, 15) is 9.90 Å². The summed E-state index contributed by atoms with van der Waals surface area (Å²) in [7, 11) is 0. The molecule has 0 aliphatic rings. The number of nitrogens with zero attached hydrogens (tertiary/aromatic N) is 2. The molecule has 5 heteroatoms. The third kappa shape index (κ3) is 3.75. The maximum atomic E-state index is 12.3. The summed E-state index contributed by atoms with van der Waals surface area (Å²) in [4.78, 5) is 12.3. The molecule has 4 aromatic rings. The van der Waals surface area contributed by atoms with Crippen LogP contribution in [0.5, 0.6) is 5.75 Å². The zero-order valence-electron chi connectivity index (χ0n) is 16.0. The summed E-state index contributed by atoms with van der Waals surface area (Å²) in [6.07, 6.45) is 1.66. The van der Waals surface area contributed by atoms with Gasteiger partial charge in [-0.05, 0) is 30.7 Å². The minimum Gasteiger partial charge on any atom is -0.507 e. The van der Waals surface area contributed by atoms with E-state index in [1.54, 1.807) is 24.4 Å². The van der Waals surface area contributed by atoms with E-state index in [0.29, 0.717) is 0 Å². The molecule has 0 spiro atoms. The van der Waals surface area contributed by atoms with Crippen molar-refractivity contribution in [1.29, 1.82) is 0 Å². The fourth-order valence-corrected chi connectivity index (χ4v) is 3.47. The van der Waals surface area contributed by atoms with Gasteiger partial charge in [0.2, 0.25) is 0 Å². The van der Waals surface area contributed by atoms with Gasteiger partial charge in [-0.1, -0.05) is 60.7 Å². The Morgan fingerprint density at radius 3 is 2.48 bits per heavy atom. The number of fused-ring (bicyclic) bond motifs is 1. The Morgan fingerprint density at radius 1 is 1.00 bits per heavy atom. The summed E-state index contributed by atoms with van der Waals surface area (Å²) in [5.74, 6) is -0.527. The molecule has 5 nitrogen and oxygen atoms in total. The van der Waals surface area contributed by atoms with Crippen molar-refractivity contribution in [3.8, 4) is 5.75 Å². The van der Waals surface area contributed by atoms with Gasteiger partial charge in [0.25, 0.3) is 5.91 Å². The van der Waals surface area contributed by atoms with Gasteiger partial charge >= 0.3 is 0 Å². The Labute approximate surface area is 168 Å². The van der Waals surface area contributed by atoms with Crippen LogP contribution in [0.3, 0.4) is 0 Å². The van der Waals surface area contributed by atoms with Gasteiger partial charge in [0, 0.05) is 28.7 Å². The summed E-state index contributed by atoms with van der Waals surface area (Å²) in [6.45, 7) is 2.81. The molecule has 1 amide bonds. The minimum absolute atomic E-state index is 0.0733. The highest BCUT2D eigenvalue weighted by molar-refractivity contribution is 6.02. The number of hydrazone groups is 1. The maximum Gasteiger partial charge on any atom is 0.275 e. The summed E-state index contributed by atoms with van der Waals surface area (Å²) < 4.78 is 2.25. The fourth-order valence-electron chi connectivity index (χ4n) is 3.47. The van der Waals surface area contributed by atoms with E-state index in [1.165, 1.54) is 11.6 Å². The number of hydrogen-bond acceptors (Lipinski definition) is 3. The number of phenols is 1. The van der Waals surface area contributed by atoms with Crippen LogP contribution in [0.4, 0.5) is 0 Å². The zero-order chi connectivity index (χ0) is 20.2. The van der Waals surface area contributed by atoms with E-state index in [4.69, 9.17) is 0 Å². The third-order valence-electron chi connectivity index (χ3n) is 4.97. The Bertz CT molecular complexity index is 1190. The predicted octanol–water partition coefficient (Wildman–Crippen LogP) is 4.47. The number of nitrogens with one attached hydrogen (secondary N) is 1. The zero-order valence-corrected chi connectivity index (χ0v) is 16.0. The number of carbonyl (C=O) groups is 1. The second kappa shape index (κ2) is 8.02. The first-order valence-electron chi connectivity index (χ1n) is 9.38. The fraction of sp³-hybridized carbons (Fsp3) is 0.0833. The smallest absolute Gasteiger partial charge is 0.275 e. The van der Waals surface area contributed by atoms with Crippen molar-refractivity contribution in [1.82, 2.24) is 9.99 Å². The molecule has 1 aromatic heterocycles. The quantitative estimate of drug-likeness (QED) is 0.394. The molecule has 0 aliphatic carbocycles. The van der Waals surface area contributed by atoms with Gasteiger partial charge in [0.05, 0.1) is 11.8 Å². The summed E-state index contributed by atoms with van der Waals surface area (Å²) in [6, 6.07) is 24.8. The van der Waals surface area contributed by atoms with E-state index < -0.39 is 5.91 Å². The standard InChI is InChI=1S/C24H21N3O2/c1-17-21(15-25-26-24(29)20-12-6-8-14-23(20)28)19-11-5-7-13-22(19)27(17)16-18-9-3-2-4-10-18/h2-15,28H,16H2,1H3,(H,26,29). The van der Waals surface area contributed by atoms with Crippen LogP contribution < -0.4 is 5.43 Å². The highest BCUT2D eigenvalue weighted by Gasteiger charge is 2.13. The van der Waals surface area contributed by atoms with Gasteiger partial charge in [-0.2, -0.15) is 5.10 Å². The van der Waals surface area contributed by atoms with Gasteiger partial charge < -0.3 is 9.67 Å². The largest absolute Gasteiger partial charge is 0.507 e. The molecule has 2 N–H and O–H groups in total. The second-order valence-electron chi connectivity index (χ2n) is 6.80. The van der Waals surface area contributed by atoms with Crippen molar-refractivity contribution in [2.75, 3.05) is 0 Å². The van der Waals surface area contributed by atoms with Crippen molar-refractivity contribution in [3.63, 3.8) is 0 Å². The molecule has 4 rings (SSSR count). The molecule has 0 atom stereocenters. The molecular weight excluding hydrogens is 362 g/mol. The van der Waals surface area contributed by atoms with E-state index >= 15 is 0 Å². The highest BCUT2D eigenvalue weighted by atomic mass is 16.3. The molecular formula is C24H21N3O2. The van der Waals surface area contributed by atoms with Crippen LogP contribution in [0.1, 0.15) is 27.2 Å². The number of para-hydroxylation sites is 2. The lowest BCUT2D eigenvalue weighted by Gasteiger charge is -2.08. The molecule has 0 saturated heterocycles. The van der Waals surface area contributed by atoms with Gasteiger partial charge in [0.15, 0.2) is 0 Å². The third-order valence-corrected chi connectivity index (χ3v) is 4.97. The van der Waals surface area contributed by atoms with E-state index in [0.717, 1.165) is 28.7 Å². The predicted molar refractivity (Wildman–Crippen MR) is 115 cm³/mol. The molecule has 0 radical (unpaired) electrons. The lowest BCUT2D eigenvalue weighted by molar-refractivity contribution is 0.0952. The second-order valence-corrected chi connectivity index (χ2v) is 6.80. The van der Waals surface area contributed by atoms with Crippen LogP contribution >= 0.6 is 0 Å². The van der Waals surface area contributed by atoms with Gasteiger partial charge in [0.1, 0.15) is 5.75 Å². The maximum absolute atomic E-state index is 12.3. The Morgan fingerprint density at radius 2 is 1.69 bits per heavy atom. The first-order chi connectivity index (χ1) is 14.1. The molecule has 0 unspecified atom stereocenters. The van der Waals surface area contributed by atoms with Crippen molar-refractivity contribution in [2.45, 2.75) is 13.5 Å². The average Bonchev–Trinajstić information content (AvgIpc) is 3.01. The lowest BCUT2D eigenvalue weighted by Crippen LogP contribution is -2.17. The molecule has 29 heavy (non-hydrogen) atoms. The van der Waals surface area contributed by atoms with Crippen molar-refractivity contribution < 1.29 is 9.90 Å². The SMILES string of the molecule is Cc1c(C=NNC(=O)c2ccccc2O)c2ccccc2n1Cc1ccccc1. The minimum atomic E-state index is -0.454. The van der Waals surface area contributed by atoms with Crippen LogP contribution in [-0.2, 0) is 6.54 Å². The first kappa shape index (κ1) is 18.5. The number of carbonyl (C=O) groups excluding carboxylic acids is 1. The Kier molecular flexibility index (Phi) is 5.12. The van der Waals surface area contributed by atoms with Crippen LogP contribution in [-0.4, -0.2) is 21.8 Å². The number of hydrogen-bond donors (Lipinski definition) is 2. The number of aromatic nitrogens is 1. The highest BCUT2D eigenvalue weighted by Crippen LogP contribution is 2.25. The Balaban J connectivity index is 1.64. The first-order valence-corrected chi connectivity index (χ1v) is 9.38. The van der Waals surface area contributed by atoms with Crippen molar-refractivity contribution in [3.05, 3.63) is 101 Å². The van der Waals surface area contributed by atoms with Gasteiger partial charge in [-0.25, -0.2) is 5.43 Å². The van der Waals surface area contributed by atoms with Crippen LogP contribution in [0.15, 0.2) is 84.0 Å². The van der Waals surface area contributed by atoms with Gasteiger partial charge in [-0.15, -0.1) is 0 Å². The number of rotatable bonds is 5. The topological polar surface area (TPSA) is 66.6 Å². The molecule has 0 aliphatic heterocycles. The van der Waals surface area contributed by atoms with Crippen molar-refractivity contribution >= 4 is 23.0 Å². The van der Waals surface area contributed by atoms with Crippen molar-refractivity contribution in [2.24, 2.45) is 5.10 Å². The molecule has 0 bridgehead atoms. The monoisotopic (exact) mass is 383 g/mol. The number of benzene rings is 3. The summed E-state index contributed by atoms with van der Waals surface area (Å²) >= 11 is 0. The van der Waals surface area contributed by atoms with E-state index in [-0.39, 0.29) is 11.3 Å². The van der Waals surface area contributed by atoms with E-state index in [1.807, 2.05) is 30.3 Å². The molecule has 3 aromatic carbocycles. The molecule has 1 heterocycles. The van der Waals surface area contributed by atoms with Crippen LogP contribution in [0.2, 0.25) is 0 Å².